The van der Waals surface area contributed by atoms with Crippen LogP contribution in [-0.4, -0.2) is 26.9 Å². The largest absolute Gasteiger partial charge is 0.369 e. The number of hydrogen-bond donors (Lipinski definition) is 1. The SMILES string of the molecule is CCCCCC(CC)N1C(=O)c2ccc(-c3ccc(-c4ccncc4)cc3)c3cccc(c23)C1O. The summed E-state index contributed by atoms with van der Waals surface area (Å²) in [4.78, 5) is 19.5. The maximum absolute atomic E-state index is 13.7. The van der Waals surface area contributed by atoms with E-state index in [0.29, 0.717) is 5.56 Å². The summed E-state index contributed by atoms with van der Waals surface area (Å²) in [6.45, 7) is 4.29. The van der Waals surface area contributed by atoms with Crippen LogP contribution >= 0.6 is 0 Å². The molecule has 1 aliphatic heterocycles. The minimum atomic E-state index is -0.922. The molecule has 2 unspecified atom stereocenters. The number of amides is 1. The molecule has 5 rings (SSSR count). The third-order valence-electron chi connectivity index (χ3n) is 7.29. The van der Waals surface area contributed by atoms with Crippen molar-refractivity contribution in [3.8, 4) is 22.3 Å². The first-order valence-electron chi connectivity index (χ1n) is 12.7. The second kappa shape index (κ2) is 10.0. The van der Waals surface area contributed by atoms with Gasteiger partial charge in [-0.15, -0.1) is 0 Å². The fourth-order valence-corrected chi connectivity index (χ4v) is 5.40. The van der Waals surface area contributed by atoms with Gasteiger partial charge in [0.1, 0.15) is 0 Å². The highest BCUT2D eigenvalue weighted by atomic mass is 16.3. The Morgan fingerprint density at radius 2 is 1.54 bits per heavy atom. The van der Waals surface area contributed by atoms with Crippen LogP contribution in [0.3, 0.4) is 0 Å². The summed E-state index contributed by atoms with van der Waals surface area (Å²) in [6, 6.07) is 22.5. The van der Waals surface area contributed by atoms with Gasteiger partial charge in [0.2, 0.25) is 0 Å². The van der Waals surface area contributed by atoms with Crippen LogP contribution < -0.4 is 0 Å². The molecule has 1 amide bonds. The Hall–Kier alpha value is -3.50. The molecular weight excluding hydrogens is 432 g/mol. The van der Waals surface area contributed by atoms with Crippen molar-refractivity contribution in [2.75, 3.05) is 0 Å². The zero-order valence-corrected chi connectivity index (χ0v) is 20.4. The Labute approximate surface area is 207 Å². The first-order valence-corrected chi connectivity index (χ1v) is 12.7. The van der Waals surface area contributed by atoms with Crippen LogP contribution in [0.5, 0.6) is 0 Å². The normalized spacial score (nSPS) is 16.0. The highest BCUT2D eigenvalue weighted by molar-refractivity contribution is 6.14. The van der Waals surface area contributed by atoms with Gasteiger partial charge >= 0.3 is 0 Å². The molecule has 2 atom stereocenters. The van der Waals surface area contributed by atoms with Crippen LogP contribution in [0.1, 0.15) is 68.1 Å². The van der Waals surface area contributed by atoms with E-state index in [1.807, 2.05) is 30.3 Å². The topological polar surface area (TPSA) is 53.4 Å². The number of aliphatic hydroxyl groups excluding tert-OH is 1. The van der Waals surface area contributed by atoms with Crippen molar-refractivity contribution in [3.05, 3.63) is 90.3 Å². The molecule has 178 valence electrons. The van der Waals surface area contributed by atoms with Crippen LogP contribution in [-0.2, 0) is 0 Å². The number of carbonyl (C=O) groups excluding carboxylic acids is 1. The lowest BCUT2D eigenvalue weighted by Crippen LogP contribution is -2.45. The van der Waals surface area contributed by atoms with E-state index in [-0.39, 0.29) is 11.9 Å². The number of carbonyl (C=O) groups is 1. The van der Waals surface area contributed by atoms with Crippen molar-refractivity contribution in [1.29, 1.82) is 0 Å². The minimum absolute atomic E-state index is 0.0351. The highest BCUT2D eigenvalue weighted by Crippen LogP contribution is 2.41. The highest BCUT2D eigenvalue weighted by Gasteiger charge is 2.36. The van der Waals surface area contributed by atoms with E-state index in [0.717, 1.165) is 70.7 Å². The molecule has 1 N–H and O–H groups in total. The zero-order chi connectivity index (χ0) is 24.4. The van der Waals surface area contributed by atoms with Gasteiger partial charge in [0.05, 0.1) is 0 Å². The molecule has 35 heavy (non-hydrogen) atoms. The summed E-state index contributed by atoms with van der Waals surface area (Å²) in [6.07, 6.45) is 7.78. The average Bonchev–Trinajstić information content (AvgIpc) is 2.91. The van der Waals surface area contributed by atoms with Gasteiger partial charge < -0.3 is 10.0 Å². The standard InChI is InChI=1S/C31H32N2O2/c1-3-5-6-8-24(4-2)33-30(34)27-10-7-9-26-25(15-16-28(29(26)27)31(33)35)23-13-11-21(12-14-23)22-17-19-32-20-18-22/h7,9-20,24,30,34H,3-6,8H2,1-2H3. The van der Waals surface area contributed by atoms with E-state index in [1.54, 1.807) is 17.3 Å². The van der Waals surface area contributed by atoms with Crippen molar-refractivity contribution in [2.24, 2.45) is 0 Å². The lowest BCUT2D eigenvalue weighted by atomic mass is 9.87. The fraction of sp³-hybridized carbons (Fsp3) is 0.290. The van der Waals surface area contributed by atoms with Crippen LogP contribution in [0.25, 0.3) is 33.0 Å². The molecule has 0 fully saturated rings. The molecular formula is C31H32N2O2. The van der Waals surface area contributed by atoms with Gasteiger partial charge in [-0.1, -0.05) is 81.6 Å². The number of nitrogens with zero attached hydrogens (tertiary/aromatic N) is 2. The molecule has 1 aliphatic rings. The molecule has 3 aromatic carbocycles. The lowest BCUT2D eigenvalue weighted by Gasteiger charge is -2.39. The Balaban J connectivity index is 1.54. The van der Waals surface area contributed by atoms with Crippen molar-refractivity contribution >= 4 is 16.7 Å². The van der Waals surface area contributed by atoms with Gasteiger partial charge in [-0.2, -0.15) is 0 Å². The van der Waals surface area contributed by atoms with Crippen LogP contribution in [0, 0.1) is 0 Å². The molecule has 0 saturated heterocycles. The van der Waals surface area contributed by atoms with Gasteiger partial charge in [0, 0.05) is 34.9 Å². The third-order valence-corrected chi connectivity index (χ3v) is 7.29. The first-order chi connectivity index (χ1) is 17.1. The molecule has 0 spiro atoms. The van der Waals surface area contributed by atoms with Gasteiger partial charge in [0.15, 0.2) is 6.23 Å². The number of hydrogen-bond acceptors (Lipinski definition) is 3. The van der Waals surface area contributed by atoms with E-state index in [1.165, 1.54) is 0 Å². The van der Waals surface area contributed by atoms with Crippen molar-refractivity contribution in [2.45, 2.75) is 58.2 Å². The fourth-order valence-electron chi connectivity index (χ4n) is 5.40. The molecule has 4 aromatic rings. The van der Waals surface area contributed by atoms with Crippen LogP contribution in [0.2, 0.25) is 0 Å². The maximum atomic E-state index is 13.7. The summed E-state index contributed by atoms with van der Waals surface area (Å²) < 4.78 is 0. The number of benzene rings is 3. The van der Waals surface area contributed by atoms with Crippen LogP contribution in [0.15, 0.2) is 79.1 Å². The van der Waals surface area contributed by atoms with E-state index < -0.39 is 6.23 Å². The molecule has 4 nitrogen and oxygen atoms in total. The predicted octanol–water partition coefficient (Wildman–Crippen LogP) is 7.37. The molecule has 0 aliphatic carbocycles. The Morgan fingerprint density at radius 3 is 2.26 bits per heavy atom. The number of pyridine rings is 1. The Morgan fingerprint density at radius 1 is 0.857 bits per heavy atom. The van der Waals surface area contributed by atoms with E-state index in [9.17, 15) is 9.90 Å². The number of aromatic nitrogens is 1. The average molecular weight is 465 g/mol. The van der Waals surface area contributed by atoms with Gasteiger partial charge in [-0.25, -0.2) is 0 Å². The van der Waals surface area contributed by atoms with Crippen molar-refractivity contribution in [1.82, 2.24) is 9.88 Å². The molecule has 2 heterocycles. The van der Waals surface area contributed by atoms with E-state index in [4.69, 9.17) is 0 Å². The minimum Gasteiger partial charge on any atom is -0.369 e. The number of rotatable bonds is 8. The number of unbranched alkanes of at least 4 members (excludes halogenated alkanes) is 2. The Kier molecular flexibility index (Phi) is 6.65. The van der Waals surface area contributed by atoms with E-state index >= 15 is 0 Å². The van der Waals surface area contributed by atoms with Crippen molar-refractivity contribution < 1.29 is 9.90 Å². The summed E-state index contributed by atoms with van der Waals surface area (Å²) in [5.41, 5.74) is 5.92. The van der Waals surface area contributed by atoms with Gasteiger partial charge in [0.25, 0.3) is 5.91 Å². The smallest absolute Gasteiger partial charge is 0.257 e. The quantitative estimate of drug-likeness (QED) is 0.277. The second-order valence-electron chi connectivity index (χ2n) is 9.39. The van der Waals surface area contributed by atoms with Crippen LogP contribution in [0.4, 0.5) is 0 Å². The molecule has 0 saturated carbocycles. The first kappa shape index (κ1) is 23.3. The number of aliphatic hydroxyl groups is 1. The second-order valence-corrected chi connectivity index (χ2v) is 9.39. The molecule has 4 heteroatoms. The summed E-state index contributed by atoms with van der Waals surface area (Å²) in [7, 11) is 0. The summed E-state index contributed by atoms with van der Waals surface area (Å²) in [5.74, 6) is -0.0656. The van der Waals surface area contributed by atoms with E-state index in [2.05, 4.69) is 55.2 Å². The lowest BCUT2D eigenvalue weighted by molar-refractivity contribution is -0.0186. The molecule has 1 aromatic heterocycles. The predicted molar refractivity (Wildman–Crippen MR) is 142 cm³/mol. The monoisotopic (exact) mass is 464 g/mol. The zero-order valence-electron chi connectivity index (χ0n) is 20.4. The molecule has 0 radical (unpaired) electrons. The summed E-state index contributed by atoms with van der Waals surface area (Å²) >= 11 is 0. The van der Waals surface area contributed by atoms with Crippen molar-refractivity contribution in [3.63, 3.8) is 0 Å². The Bertz CT molecular complexity index is 1330. The van der Waals surface area contributed by atoms with Gasteiger partial charge in [-0.05, 0) is 58.7 Å². The maximum Gasteiger partial charge on any atom is 0.257 e. The third kappa shape index (κ3) is 4.23. The summed E-state index contributed by atoms with van der Waals surface area (Å²) in [5, 5.41) is 13.3. The van der Waals surface area contributed by atoms with Gasteiger partial charge in [-0.3, -0.25) is 9.78 Å². The molecule has 0 bridgehead atoms.